The molecule has 1 saturated heterocycles. The Hall–Kier alpha value is -3.34. The van der Waals surface area contributed by atoms with Gasteiger partial charge in [0.15, 0.2) is 5.65 Å². The zero-order chi connectivity index (χ0) is 28.1. The Kier molecular flexibility index (Phi) is 5.32. The summed E-state index contributed by atoms with van der Waals surface area (Å²) in [6.45, 7) is 4.28. The average molecular weight is 565 g/mol. The highest BCUT2D eigenvalue weighted by Crippen LogP contribution is 2.73. The van der Waals surface area contributed by atoms with Gasteiger partial charge in [0.1, 0.15) is 12.1 Å². The van der Waals surface area contributed by atoms with Crippen molar-refractivity contribution < 1.29 is 22.3 Å². The van der Waals surface area contributed by atoms with E-state index < -0.39 is 17.0 Å². The quantitative estimate of drug-likeness (QED) is 0.262. The van der Waals surface area contributed by atoms with E-state index in [2.05, 4.69) is 16.3 Å². The van der Waals surface area contributed by atoms with Gasteiger partial charge in [0.05, 0.1) is 46.4 Å². The zero-order valence-corrected chi connectivity index (χ0v) is 23.0. The molecule has 41 heavy (non-hydrogen) atoms. The fourth-order valence-corrected chi connectivity index (χ4v) is 7.47. The number of halogens is 3. The van der Waals surface area contributed by atoms with Crippen molar-refractivity contribution in [3.63, 3.8) is 0 Å². The van der Waals surface area contributed by atoms with Gasteiger partial charge in [0, 0.05) is 35.1 Å². The lowest BCUT2D eigenvalue weighted by Crippen LogP contribution is -2.50. The smallest absolute Gasteiger partial charge is 0.394 e. The molecule has 1 aliphatic heterocycles. The number of ether oxygens (including phenoxy) is 1. The van der Waals surface area contributed by atoms with Crippen molar-refractivity contribution in [3.05, 3.63) is 53.2 Å². The van der Waals surface area contributed by atoms with Crippen LogP contribution in [0.2, 0.25) is 0 Å². The first-order chi connectivity index (χ1) is 19.6. The first-order valence-electron chi connectivity index (χ1n) is 14.5. The van der Waals surface area contributed by atoms with Crippen LogP contribution in [0.4, 0.5) is 13.2 Å². The number of oxazole rings is 1. The lowest BCUT2D eigenvalue weighted by Gasteiger charge is -2.48. The molecule has 4 aromatic rings. The fourth-order valence-electron chi connectivity index (χ4n) is 7.47. The van der Waals surface area contributed by atoms with Crippen LogP contribution in [0.5, 0.6) is 0 Å². The molecule has 9 rings (SSSR count). The summed E-state index contributed by atoms with van der Waals surface area (Å²) in [6.07, 6.45) is 5.66. The zero-order valence-electron chi connectivity index (χ0n) is 23.0. The molecule has 8 nitrogen and oxygen atoms in total. The van der Waals surface area contributed by atoms with Crippen LogP contribution in [0.1, 0.15) is 97.9 Å². The van der Waals surface area contributed by atoms with E-state index in [9.17, 15) is 13.2 Å². The van der Waals surface area contributed by atoms with E-state index in [4.69, 9.17) is 24.1 Å². The summed E-state index contributed by atoms with van der Waals surface area (Å²) in [4.78, 5) is 19.4. The fraction of sp³-hybridized carbons (Fsp3) is 0.567. The van der Waals surface area contributed by atoms with Gasteiger partial charge in [0.2, 0.25) is 5.89 Å². The predicted molar refractivity (Wildman–Crippen MR) is 142 cm³/mol. The first kappa shape index (κ1) is 25.4. The van der Waals surface area contributed by atoms with Crippen LogP contribution >= 0.6 is 0 Å². The molecule has 2 bridgehead atoms. The predicted octanol–water partition coefficient (Wildman–Crippen LogP) is 6.84. The van der Waals surface area contributed by atoms with Crippen molar-refractivity contribution in [2.24, 2.45) is 5.41 Å². The Morgan fingerprint density at radius 2 is 1.85 bits per heavy atom. The van der Waals surface area contributed by atoms with Gasteiger partial charge in [-0.15, -0.1) is 0 Å². The minimum atomic E-state index is -4.22. The maximum atomic E-state index is 14.1. The molecule has 0 amide bonds. The molecule has 5 aliphatic rings. The van der Waals surface area contributed by atoms with E-state index in [1.54, 1.807) is 6.26 Å². The summed E-state index contributed by atoms with van der Waals surface area (Å²) in [5, 5.41) is 5.23. The number of pyridine rings is 1. The van der Waals surface area contributed by atoms with Crippen LogP contribution in [0, 0.1) is 19.3 Å². The largest absolute Gasteiger partial charge is 0.444 e. The maximum Gasteiger partial charge on any atom is 0.394 e. The Labute approximate surface area is 234 Å². The summed E-state index contributed by atoms with van der Waals surface area (Å²) >= 11 is 0. The number of fused-ring (bicyclic) bond motifs is 2. The molecular formula is C30H31F3N6O2. The number of hydrogen-bond donors (Lipinski definition) is 0. The minimum Gasteiger partial charge on any atom is -0.444 e. The molecule has 4 aromatic heterocycles. The molecular weight excluding hydrogens is 533 g/mol. The highest BCUT2D eigenvalue weighted by Gasteiger charge is 2.73. The molecule has 5 heterocycles. The Morgan fingerprint density at radius 1 is 1.02 bits per heavy atom. The van der Waals surface area contributed by atoms with Crippen molar-refractivity contribution in [2.75, 3.05) is 6.61 Å². The first-order valence-corrected chi connectivity index (χ1v) is 14.5. The van der Waals surface area contributed by atoms with Gasteiger partial charge < -0.3 is 9.15 Å². The lowest BCUT2D eigenvalue weighted by atomic mass is 9.58. The summed E-state index contributed by atoms with van der Waals surface area (Å²) in [6, 6.07) is 2.41. The number of hydrogen-bond acceptors (Lipinski definition) is 7. The van der Waals surface area contributed by atoms with Crippen molar-refractivity contribution in [1.29, 1.82) is 0 Å². The third kappa shape index (κ3) is 3.94. The molecule has 5 fully saturated rings. The topological polar surface area (TPSA) is 91.8 Å². The number of rotatable bonds is 5. The van der Waals surface area contributed by atoms with Gasteiger partial charge in [-0.25, -0.2) is 19.9 Å². The van der Waals surface area contributed by atoms with Crippen LogP contribution < -0.4 is 0 Å². The Bertz CT molecular complexity index is 1670. The second kappa shape index (κ2) is 8.59. The van der Waals surface area contributed by atoms with E-state index in [1.807, 2.05) is 30.8 Å². The second-order valence-corrected chi connectivity index (χ2v) is 12.7. The van der Waals surface area contributed by atoms with Gasteiger partial charge in [0.25, 0.3) is 0 Å². The number of aromatic nitrogens is 6. The highest BCUT2D eigenvalue weighted by molar-refractivity contribution is 5.84. The van der Waals surface area contributed by atoms with E-state index in [0.717, 1.165) is 30.5 Å². The van der Waals surface area contributed by atoms with E-state index in [0.29, 0.717) is 65.2 Å². The number of alkyl halides is 3. The maximum absolute atomic E-state index is 14.1. The van der Waals surface area contributed by atoms with Gasteiger partial charge >= 0.3 is 6.18 Å². The summed E-state index contributed by atoms with van der Waals surface area (Å²) < 4.78 is 56.0. The standard InChI is InChI=1S/C30H31F3N6O2/c1-16-13-41-27(35-16)21-10-22-24(28-6-7-29(14-28,15-28)30(31,32)33)37-25(38-26(22)36-17(21)2)18-5-8-40-23(9-18)19-11-34-39(12-19)20-3-4-20/h10-13,18,20,23H,3-9,14-15H2,1-2H3/t18-,23+,28?,29?/m0/s1. The molecule has 2 atom stereocenters. The average Bonchev–Trinajstić information content (AvgIpc) is 3.28. The molecule has 4 aliphatic carbocycles. The number of aryl methyl sites for hydroxylation is 2. The van der Waals surface area contributed by atoms with Crippen molar-refractivity contribution in [2.45, 2.75) is 94.9 Å². The van der Waals surface area contributed by atoms with E-state index in [1.165, 1.54) is 0 Å². The third-order valence-corrected chi connectivity index (χ3v) is 9.85. The molecule has 0 spiro atoms. The van der Waals surface area contributed by atoms with Crippen LogP contribution in [0.25, 0.3) is 22.5 Å². The van der Waals surface area contributed by atoms with Crippen molar-refractivity contribution in [3.8, 4) is 11.5 Å². The third-order valence-electron chi connectivity index (χ3n) is 9.85. The van der Waals surface area contributed by atoms with Crippen LogP contribution in [-0.2, 0) is 10.2 Å². The van der Waals surface area contributed by atoms with Gasteiger partial charge in [-0.05, 0) is 71.3 Å². The molecule has 0 N–H and O–H groups in total. The molecule has 11 heteroatoms. The van der Waals surface area contributed by atoms with Gasteiger partial charge in [-0.1, -0.05) is 0 Å². The summed E-state index contributed by atoms with van der Waals surface area (Å²) in [5.74, 6) is 1.08. The monoisotopic (exact) mass is 564 g/mol. The molecule has 0 unspecified atom stereocenters. The van der Waals surface area contributed by atoms with Crippen LogP contribution in [-0.4, -0.2) is 42.5 Å². The summed E-state index contributed by atoms with van der Waals surface area (Å²) in [5.41, 5.74) is 2.16. The minimum absolute atomic E-state index is 0.00241. The van der Waals surface area contributed by atoms with Crippen LogP contribution in [0.15, 0.2) is 29.1 Å². The summed E-state index contributed by atoms with van der Waals surface area (Å²) in [7, 11) is 0. The lowest BCUT2D eigenvalue weighted by molar-refractivity contribution is -0.248. The van der Waals surface area contributed by atoms with Crippen molar-refractivity contribution in [1.82, 2.24) is 29.7 Å². The second-order valence-electron chi connectivity index (χ2n) is 12.7. The van der Waals surface area contributed by atoms with Gasteiger partial charge in [-0.2, -0.15) is 18.3 Å². The number of nitrogens with zero attached hydrogens (tertiary/aromatic N) is 6. The van der Waals surface area contributed by atoms with Crippen LogP contribution in [0.3, 0.4) is 0 Å². The van der Waals surface area contributed by atoms with E-state index >= 15 is 0 Å². The molecule has 4 saturated carbocycles. The Balaban J connectivity index is 1.21. The molecule has 0 aromatic carbocycles. The van der Waals surface area contributed by atoms with Crippen molar-refractivity contribution >= 4 is 11.0 Å². The highest BCUT2D eigenvalue weighted by atomic mass is 19.4. The molecule has 0 radical (unpaired) electrons. The van der Waals surface area contributed by atoms with Gasteiger partial charge in [-0.3, -0.25) is 4.68 Å². The Morgan fingerprint density at radius 3 is 2.56 bits per heavy atom. The normalized spacial score (nSPS) is 29.7. The SMILES string of the molecule is Cc1coc(-c2cc3c(C45CCC(C(F)(F)F)(C4)C5)nc([C@H]4CCO[C@@H](c5cnn(C6CC6)c5)C4)nc3nc2C)n1. The molecule has 214 valence electrons. The van der Waals surface area contributed by atoms with E-state index in [-0.39, 0.29) is 31.3 Å².